The molecule has 0 aliphatic heterocycles. The van der Waals surface area contributed by atoms with Crippen molar-refractivity contribution in [2.45, 2.75) is 12.8 Å². The van der Waals surface area contributed by atoms with Crippen LogP contribution in [0.1, 0.15) is 11.1 Å². The molecule has 27 heavy (non-hydrogen) atoms. The number of anilines is 2. The van der Waals surface area contributed by atoms with Crippen molar-refractivity contribution in [3.8, 4) is 5.75 Å². The topological polar surface area (TPSA) is 59.1 Å². The number of benzene rings is 2. The van der Waals surface area contributed by atoms with E-state index in [2.05, 4.69) is 26.7 Å². The van der Waals surface area contributed by atoms with Crippen LogP contribution in [-0.4, -0.2) is 30.2 Å². The molecule has 2 N–H and O–H groups in total. The summed E-state index contributed by atoms with van der Waals surface area (Å²) in [6.07, 6.45) is 3.13. The van der Waals surface area contributed by atoms with Crippen LogP contribution in [0.25, 0.3) is 0 Å². The van der Waals surface area contributed by atoms with Gasteiger partial charge in [-0.25, -0.2) is 9.37 Å². The van der Waals surface area contributed by atoms with E-state index in [4.69, 9.17) is 4.74 Å². The van der Waals surface area contributed by atoms with E-state index in [1.807, 2.05) is 30.3 Å². The van der Waals surface area contributed by atoms with Crippen LogP contribution in [0, 0.1) is 5.82 Å². The Kier molecular flexibility index (Phi) is 6.57. The Bertz CT molecular complexity index is 872. The molecule has 0 saturated heterocycles. The van der Waals surface area contributed by atoms with E-state index in [0.717, 1.165) is 24.5 Å². The Morgan fingerprint density at radius 1 is 0.963 bits per heavy atom. The predicted octanol–water partition coefficient (Wildman–Crippen LogP) is 3.93. The Balaban J connectivity index is 1.47. The van der Waals surface area contributed by atoms with Gasteiger partial charge in [-0.2, -0.15) is 4.98 Å². The zero-order valence-corrected chi connectivity index (χ0v) is 15.3. The summed E-state index contributed by atoms with van der Waals surface area (Å²) in [5, 5.41) is 6.43. The van der Waals surface area contributed by atoms with Gasteiger partial charge < -0.3 is 15.4 Å². The monoisotopic (exact) mass is 366 g/mol. The lowest BCUT2D eigenvalue weighted by Crippen LogP contribution is -2.11. The molecule has 1 aromatic heterocycles. The Labute approximate surface area is 158 Å². The molecule has 6 heteroatoms. The third kappa shape index (κ3) is 5.67. The normalized spacial score (nSPS) is 10.4. The zero-order chi connectivity index (χ0) is 18.9. The van der Waals surface area contributed by atoms with E-state index in [1.54, 1.807) is 25.4 Å². The molecule has 0 aliphatic carbocycles. The second kappa shape index (κ2) is 9.52. The number of rotatable bonds is 9. The molecule has 0 unspecified atom stereocenters. The number of ether oxygens (including phenoxy) is 1. The van der Waals surface area contributed by atoms with Crippen molar-refractivity contribution in [3.05, 3.63) is 77.7 Å². The fraction of sp³-hybridized carbons (Fsp3) is 0.238. The summed E-state index contributed by atoms with van der Waals surface area (Å²) < 4.78 is 18.9. The van der Waals surface area contributed by atoms with Crippen molar-refractivity contribution in [2.24, 2.45) is 0 Å². The molecule has 2 aromatic carbocycles. The van der Waals surface area contributed by atoms with Gasteiger partial charge in [0.2, 0.25) is 5.95 Å². The number of halogens is 1. The molecular formula is C21H23FN4O. The fourth-order valence-electron chi connectivity index (χ4n) is 2.72. The standard InChI is InChI=1S/C21H23FN4O/c1-27-18-7-4-5-16(15-18)9-12-23-20-11-14-25-21(26-20)24-13-10-17-6-2-3-8-19(17)22/h2-8,11,14-15H,9-10,12-13H2,1H3,(H2,23,24,25,26). The van der Waals surface area contributed by atoms with E-state index in [0.29, 0.717) is 24.5 Å². The predicted molar refractivity (Wildman–Crippen MR) is 106 cm³/mol. The van der Waals surface area contributed by atoms with Gasteiger partial charge in [-0.1, -0.05) is 30.3 Å². The first-order valence-corrected chi connectivity index (χ1v) is 8.92. The molecule has 140 valence electrons. The van der Waals surface area contributed by atoms with Gasteiger partial charge in [0.05, 0.1) is 7.11 Å². The largest absolute Gasteiger partial charge is 0.497 e. The fourth-order valence-corrected chi connectivity index (χ4v) is 2.72. The highest BCUT2D eigenvalue weighted by Crippen LogP contribution is 2.13. The lowest BCUT2D eigenvalue weighted by molar-refractivity contribution is 0.414. The quantitative estimate of drug-likeness (QED) is 0.601. The molecule has 0 spiro atoms. The summed E-state index contributed by atoms with van der Waals surface area (Å²) in [6, 6.07) is 16.6. The molecule has 1 heterocycles. The molecule has 0 aliphatic rings. The molecule has 0 fully saturated rings. The molecule has 5 nitrogen and oxygen atoms in total. The number of methoxy groups -OCH3 is 1. The van der Waals surface area contributed by atoms with Gasteiger partial charge in [0.25, 0.3) is 0 Å². The van der Waals surface area contributed by atoms with Gasteiger partial charge in [-0.15, -0.1) is 0 Å². The maximum absolute atomic E-state index is 13.6. The second-order valence-corrected chi connectivity index (χ2v) is 6.06. The first-order valence-electron chi connectivity index (χ1n) is 8.92. The molecule has 3 rings (SSSR count). The van der Waals surface area contributed by atoms with E-state index >= 15 is 0 Å². The Morgan fingerprint density at radius 2 is 1.81 bits per heavy atom. The number of hydrogen-bond acceptors (Lipinski definition) is 5. The van der Waals surface area contributed by atoms with Crippen LogP contribution in [0.5, 0.6) is 5.75 Å². The van der Waals surface area contributed by atoms with Crippen molar-refractivity contribution in [1.29, 1.82) is 0 Å². The van der Waals surface area contributed by atoms with Crippen molar-refractivity contribution >= 4 is 11.8 Å². The van der Waals surface area contributed by atoms with E-state index in [-0.39, 0.29) is 5.82 Å². The Hall–Kier alpha value is -3.15. The van der Waals surface area contributed by atoms with Crippen LogP contribution >= 0.6 is 0 Å². The highest BCUT2D eigenvalue weighted by atomic mass is 19.1. The maximum atomic E-state index is 13.6. The highest BCUT2D eigenvalue weighted by molar-refractivity contribution is 5.40. The van der Waals surface area contributed by atoms with Gasteiger partial charge in [0.15, 0.2) is 0 Å². The Morgan fingerprint density at radius 3 is 2.67 bits per heavy atom. The van der Waals surface area contributed by atoms with Gasteiger partial charge >= 0.3 is 0 Å². The molecule has 0 bridgehead atoms. The van der Waals surface area contributed by atoms with E-state index in [1.165, 1.54) is 11.6 Å². The van der Waals surface area contributed by atoms with Gasteiger partial charge in [0, 0.05) is 19.3 Å². The van der Waals surface area contributed by atoms with Crippen LogP contribution in [-0.2, 0) is 12.8 Å². The minimum Gasteiger partial charge on any atom is -0.497 e. The van der Waals surface area contributed by atoms with Crippen molar-refractivity contribution in [1.82, 2.24) is 9.97 Å². The first-order chi connectivity index (χ1) is 13.2. The maximum Gasteiger partial charge on any atom is 0.224 e. The van der Waals surface area contributed by atoms with Crippen LogP contribution < -0.4 is 15.4 Å². The number of nitrogens with one attached hydrogen (secondary N) is 2. The number of aromatic nitrogens is 2. The SMILES string of the molecule is COc1cccc(CCNc2ccnc(NCCc3ccccc3F)n2)c1. The molecular weight excluding hydrogens is 343 g/mol. The van der Waals surface area contributed by atoms with Crippen LogP contribution in [0.2, 0.25) is 0 Å². The minimum absolute atomic E-state index is 0.187. The minimum atomic E-state index is -0.187. The summed E-state index contributed by atoms with van der Waals surface area (Å²) >= 11 is 0. The number of nitrogens with zero attached hydrogens (tertiary/aromatic N) is 2. The van der Waals surface area contributed by atoms with Gasteiger partial charge in [-0.3, -0.25) is 0 Å². The molecule has 0 atom stereocenters. The lowest BCUT2D eigenvalue weighted by Gasteiger charge is -2.09. The van der Waals surface area contributed by atoms with Crippen LogP contribution in [0.4, 0.5) is 16.2 Å². The molecule has 3 aromatic rings. The van der Waals surface area contributed by atoms with E-state index < -0.39 is 0 Å². The molecule has 0 saturated carbocycles. The smallest absolute Gasteiger partial charge is 0.224 e. The zero-order valence-electron chi connectivity index (χ0n) is 15.3. The summed E-state index contributed by atoms with van der Waals surface area (Å²) in [5.74, 6) is 1.95. The van der Waals surface area contributed by atoms with Crippen LogP contribution in [0.3, 0.4) is 0 Å². The first kappa shape index (κ1) is 18.6. The average molecular weight is 366 g/mol. The lowest BCUT2D eigenvalue weighted by atomic mass is 10.1. The highest BCUT2D eigenvalue weighted by Gasteiger charge is 2.03. The second-order valence-electron chi connectivity index (χ2n) is 6.06. The third-order valence-corrected chi connectivity index (χ3v) is 4.14. The van der Waals surface area contributed by atoms with Crippen molar-refractivity contribution in [3.63, 3.8) is 0 Å². The van der Waals surface area contributed by atoms with Crippen LogP contribution in [0.15, 0.2) is 60.8 Å². The summed E-state index contributed by atoms with van der Waals surface area (Å²) in [7, 11) is 1.67. The number of hydrogen-bond donors (Lipinski definition) is 2. The summed E-state index contributed by atoms with van der Waals surface area (Å²) in [5.41, 5.74) is 1.87. The van der Waals surface area contributed by atoms with E-state index in [9.17, 15) is 4.39 Å². The molecule has 0 radical (unpaired) electrons. The third-order valence-electron chi connectivity index (χ3n) is 4.14. The summed E-state index contributed by atoms with van der Waals surface area (Å²) in [4.78, 5) is 8.65. The molecule has 0 amide bonds. The van der Waals surface area contributed by atoms with Crippen molar-refractivity contribution < 1.29 is 9.13 Å². The summed E-state index contributed by atoms with van der Waals surface area (Å²) in [6.45, 7) is 1.31. The van der Waals surface area contributed by atoms with Gasteiger partial charge in [-0.05, 0) is 48.2 Å². The van der Waals surface area contributed by atoms with Crippen molar-refractivity contribution in [2.75, 3.05) is 30.8 Å². The average Bonchev–Trinajstić information content (AvgIpc) is 2.70. The van der Waals surface area contributed by atoms with Gasteiger partial charge in [0.1, 0.15) is 17.4 Å².